The number of nitrogens with zero attached hydrogens (tertiary/aromatic N) is 1. The van der Waals surface area contributed by atoms with Crippen molar-refractivity contribution in [1.29, 1.82) is 0 Å². The van der Waals surface area contributed by atoms with E-state index in [0.29, 0.717) is 12.5 Å². The summed E-state index contributed by atoms with van der Waals surface area (Å²) in [6.45, 7) is 5.07. The average Bonchev–Trinajstić information content (AvgIpc) is 2.97. The van der Waals surface area contributed by atoms with Crippen LogP contribution in [0.1, 0.15) is 49.9 Å². The summed E-state index contributed by atoms with van der Waals surface area (Å²) in [5.41, 5.74) is 6.88. The molecule has 0 saturated carbocycles. The predicted molar refractivity (Wildman–Crippen MR) is 164 cm³/mol. The van der Waals surface area contributed by atoms with Crippen molar-refractivity contribution in [2.45, 2.75) is 46.0 Å². The minimum Gasteiger partial charge on any atom is -0.495 e. The summed E-state index contributed by atoms with van der Waals surface area (Å²) >= 11 is 0. The summed E-state index contributed by atoms with van der Waals surface area (Å²) < 4.78 is 11.4. The Hall–Kier alpha value is -4.32. The molecule has 0 radical (unpaired) electrons. The van der Waals surface area contributed by atoms with Gasteiger partial charge >= 0.3 is 0 Å². The smallest absolute Gasteiger partial charge is 0.248 e. The Morgan fingerprint density at radius 2 is 1.82 bits per heavy atom. The van der Waals surface area contributed by atoms with E-state index in [1.54, 1.807) is 19.3 Å². The number of aromatic nitrogens is 1. The number of benzene rings is 3. The molecule has 40 heavy (non-hydrogen) atoms. The van der Waals surface area contributed by atoms with Crippen LogP contribution in [0.4, 0.5) is 17.1 Å². The van der Waals surface area contributed by atoms with E-state index in [9.17, 15) is 4.79 Å². The lowest BCUT2D eigenvalue weighted by molar-refractivity contribution is -0.111. The number of methoxy groups -OCH3 is 1. The number of carbonyl (C=O) groups is 1. The Balaban J connectivity index is 1.35. The van der Waals surface area contributed by atoms with Gasteiger partial charge in [-0.05, 0) is 97.7 Å². The minimum absolute atomic E-state index is 0.193. The van der Waals surface area contributed by atoms with Gasteiger partial charge in [0.2, 0.25) is 5.91 Å². The van der Waals surface area contributed by atoms with E-state index in [4.69, 9.17) is 14.5 Å². The fourth-order valence-electron chi connectivity index (χ4n) is 4.97. The lowest BCUT2D eigenvalue weighted by Gasteiger charge is -2.22. The van der Waals surface area contributed by atoms with Gasteiger partial charge < -0.3 is 20.1 Å². The summed E-state index contributed by atoms with van der Waals surface area (Å²) in [5.74, 6) is 2.04. The molecule has 0 fully saturated rings. The maximum atomic E-state index is 12.8. The zero-order chi connectivity index (χ0) is 27.9. The van der Waals surface area contributed by atoms with Crippen LogP contribution in [-0.2, 0) is 17.6 Å². The van der Waals surface area contributed by atoms with Gasteiger partial charge in [-0.1, -0.05) is 38.1 Å². The Bertz CT molecular complexity index is 1510. The van der Waals surface area contributed by atoms with Crippen LogP contribution in [0.15, 0.2) is 72.8 Å². The normalized spacial score (nSPS) is 12.9. The first kappa shape index (κ1) is 27.3. The third-order valence-electron chi connectivity index (χ3n) is 7.17. The van der Waals surface area contributed by atoms with Crippen LogP contribution in [0.2, 0.25) is 0 Å². The first-order valence-electron chi connectivity index (χ1n) is 14.1. The molecule has 1 aromatic heterocycles. The molecule has 0 aliphatic heterocycles. The molecule has 1 aliphatic rings. The molecule has 0 spiro atoms. The highest BCUT2D eigenvalue weighted by Gasteiger charge is 2.19. The van der Waals surface area contributed by atoms with Gasteiger partial charge in [0.1, 0.15) is 11.5 Å². The molecule has 206 valence electrons. The first-order chi connectivity index (χ1) is 19.5. The number of hydrogen-bond acceptors (Lipinski definition) is 5. The van der Waals surface area contributed by atoms with Gasteiger partial charge in [-0.3, -0.25) is 9.78 Å². The van der Waals surface area contributed by atoms with Gasteiger partial charge in [-0.15, -0.1) is 0 Å². The summed E-state index contributed by atoms with van der Waals surface area (Å²) in [7, 11) is 1.68. The van der Waals surface area contributed by atoms with Crippen molar-refractivity contribution >= 4 is 39.9 Å². The highest BCUT2D eigenvalue weighted by Crippen LogP contribution is 2.38. The van der Waals surface area contributed by atoms with Gasteiger partial charge in [0, 0.05) is 22.8 Å². The largest absolute Gasteiger partial charge is 0.495 e. The van der Waals surface area contributed by atoms with Crippen molar-refractivity contribution < 1.29 is 14.3 Å². The number of hydrogen-bond donors (Lipinski definition) is 2. The molecular weight excluding hydrogens is 498 g/mol. The number of fused-ring (bicyclic) bond motifs is 2. The van der Waals surface area contributed by atoms with Gasteiger partial charge in [0.25, 0.3) is 0 Å². The average molecular weight is 536 g/mol. The molecule has 5 rings (SSSR count). The third-order valence-corrected chi connectivity index (χ3v) is 7.17. The molecule has 4 aromatic rings. The minimum atomic E-state index is -0.193. The predicted octanol–water partition coefficient (Wildman–Crippen LogP) is 7.94. The number of rotatable bonds is 10. The molecular formula is C34H37N3O3. The Labute approximate surface area is 236 Å². The number of pyridine rings is 1. The second-order valence-electron chi connectivity index (χ2n) is 10.6. The van der Waals surface area contributed by atoms with E-state index in [1.165, 1.54) is 5.56 Å². The summed E-state index contributed by atoms with van der Waals surface area (Å²) in [6.07, 6.45) is 8.60. The SMILES string of the molecule is COc1ccccc1Nc1c2c(nc3ccc(NC(=O)C=Cc4ccc(OCCC(C)C)cc4)cc13)CCCC2. The number of ether oxygens (including phenoxy) is 2. The molecule has 6 nitrogen and oxygen atoms in total. The van der Waals surface area contributed by atoms with Gasteiger partial charge in [0.15, 0.2) is 0 Å². The fourth-order valence-corrected chi connectivity index (χ4v) is 4.97. The van der Waals surface area contributed by atoms with Crippen LogP contribution in [0, 0.1) is 5.92 Å². The van der Waals surface area contributed by atoms with Crippen molar-refractivity contribution in [3.63, 3.8) is 0 Å². The van der Waals surface area contributed by atoms with E-state index in [0.717, 1.165) is 82.8 Å². The molecule has 2 N–H and O–H groups in total. The zero-order valence-electron chi connectivity index (χ0n) is 23.5. The lowest BCUT2D eigenvalue weighted by atomic mass is 9.92. The topological polar surface area (TPSA) is 72.5 Å². The van der Waals surface area contributed by atoms with Crippen molar-refractivity contribution in [1.82, 2.24) is 4.98 Å². The molecule has 1 aliphatic carbocycles. The Morgan fingerprint density at radius 3 is 2.62 bits per heavy atom. The highest BCUT2D eigenvalue weighted by atomic mass is 16.5. The number of aryl methyl sites for hydroxylation is 1. The van der Waals surface area contributed by atoms with E-state index in [-0.39, 0.29) is 5.91 Å². The number of carbonyl (C=O) groups excluding carboxylic acids is 1. The standard InChI is InChI=1S/C34H37N3O3/c1-23(2)20-21-40-26-16-12-24(13-17-26)14-19-33(38)35-25-15-18-30-28(22-25)34(27-8-4-5-9-29(27)36-30)37-31-10-6-7-11-32(31)39-3/h6-7,10-19,22-23H,4-5,8-9,20-21H2,1-3H3,(H,35,38)(H,36,37). The van der Waals surface area contributed by atoms with Gasteiger partial charge in [-0.2, -0.15) is 0 Å². The molecule has 0 unspecified atom stereocenters. The van der Waals surface area contributed by atoms with E-state index >= 15 is 0 Å². The quantitative estimate of drug-likeness (QED) is 0.202. The third kappa shape index (κ3) is 6.63. The number of amides is 1. The van der Waals surface area contributed by atoms with Gasteiger partial charge in [-0.25, -0.2) is 0 Å². The van der Waals surface area contributed by atoms with Crippen molar-refractivity contribution in [3.05, 3.63) is 89.6 Å². The van der Waals surface area contributed by atoms with Crippen molar-refractivity contribution in [3.8, 4) is 11.5 Å². The summed E-state index contributed by atoms with van der Waals surface area (Å²) in [6, 6.07) is 21.6. The van der Waals surface area contributed by atoms with Crippen molar-refractivity contribution in [2.75, 3.05) is 24.4 Å². The monoisotopic (exact) mass is 535 g/mol. The van der Waals surface area contributed by atoms with Crippen LogP contribution in [0.3, 0.4) is 0 Å². The summed E-state index contributed by atoms with van der Waals surface area (Å²) in [4.78, 5) is 17.8. The van der Waals surface area contributed by atoms with Crippen molar-refractivity contribution in [2.24, 2.45) is 5.92 Å². The second-order valence-corrected chi connectivity index (χ2v) is 10.6. The second kappa shape index (κ2) is 12.7. The molecule has 6 heteroatoms. The molecule has 1 heterocycles. The first-order valence-corrected chi connectivity index (χ1v) is 14.1. The van der Waals surface area contributed by atoms with Crippen LogP contribution in [0.5, 0.6) is 11.5 Å². The highest BCUT2D eigenvalue weighted by molar-refractivity contribution is 6.04. The van der Waals surface area contributed by atoms with Gasteiger partial charge in [0.05, 0.1) is 30.6 Å². The summed E-state index contributed by atoms with van der Waals surface area (Å²) in [5, 5.41) is 7.63. The van der Waals surface area contributed by atoms with Crippen LogP contribution in [0.25, 0.3) is 17.0 Å². The van der Waals surface area contributed by atoms with E-state index in [2.05, 4.69) is 24.5 Å². The molecule has 0 atom stereocenters. The Kier molecular flexibility index (Phi) is 8.65. The van der Waals surface area contributed by atoms with E-state index < -0.39 is 0 Å². The maximum absolute atomic E-state index is 12.8. The Morgan fingerprint density at radius 1 is 1.02 bits per heavy atom. The fraction of sp³-hybridized carbons (Fsp3) is 0.294. The molecule has 0 bridgehead atoms. The van der Waals surface area contributed by atoms with Crippen LogP contribution in [-0.4, -0.2) is 24.6 Å². The number of anilines is 3. The maximum Gasteiger partial charge on any atom is 0.248 e. The number of nitrogens with one attached hydrogen (secondary N) is 2. The van der Waals surface area contributed by atoms with E-state index in [1.807, 2.05) is 66.7 Å². The zero-order valence-corrected chi connectivity index (χ0v) is 23.5. The van der Waals surface area contributed by atoms with Crippen LogP contribution >= 0.6 is 0 Å². The van der Waals surface area contributed by atoms with Crippen LogP contribution < -0.4 is 20.1 Å². The molecule has 1 amide bonds. The number of para-hydroxylation sites is 2. The molecule has 0 saturated heterocycles. The lowest BCUT2D eigenvalue weighted by Crippen LogP contribution is -2.11. The molecule has 3 aromatic carbocycles.